The van der Waals surface area contributed by atoms with E-state index in [-0.39, 0.29) is 39.2 Å². The number of ether oxygens (including phenoxy) is 5. The molecule has 0 heterocycles. The number of hydrogen-bond donors (Lipinski definition) is 1. The molecule has 0 radical (unpaired) electrons. The van der Waals surface area contributed by atoms with Crippen molar-refractivity contribution in [2.45, 2.75) is 99.3 Å². The Hall–Kier alpha value is -4.27. The smallest absolute Gasteiger partial charge is 0.330 e. The van der Waals surface area contributed by atoms with E-state index in [2.05, 4.69) is 51.5 Å². The summed E-state index contributed by atoms with van der Waals surface area (Å²) in [6.07, 6.45) is 17.0. The van der Waals surface area contributed by atoms with Crippen LogP contribution in [0.4, 0.5) is 0 Å². The summed E-state index contributed by atoms with van der Waals surface area (Å²) in [7, 11) is 4.42. The number of fused-ring (bicyclic) bond motifs is 7. The highest BCUT2D eigenvalue weighted by atomic mass is 16.5. The molecule has 5 aliphatic carbocycles. The fourth-order valence-electron chi connectivity index (χ4n) is 10.7. The third-order valence-corrected chi connectivity index (χ3v) is 14.5. The Kier molecular flexibility index (Phi) is 10.5. The van der Waals surface area contributed by atoms with Crippen LogP contribution in [0.5, 0.6) is 17.2 Å². The zero-order valence-corrected chi connectivity index (χ0v) is 33.6. The summed E-state index contributed by atoms with van der Waals surface area (Å²) in [4.78, 5) is 38.3. The van der Waals surface area contributed by atoms with E-state index in [1.165, 1.54) is 18.8 Å². The lowest BCUT2D eigenvalue weighted by Gasteiger charge is -2.70. The molecule has 6 rings (SSSR count). The molecule has 5 aliphatic rings. The van der Waals surface area contributed by atoms with Gasteiger partial charge in [-0.25, -0.2) is 4.79 Å². The fourth-order valence-corrected chi connectivity index (χ4v) is 10.7. The van der Waals surface area contributed by atoms with Gasteiger partial charge >= 0.3 is 11.9 Å². The maximum absolute atomic E-state index is 13.9. The van der Waals surface area contributed by atoms with Crippen molar-refractivity contribution in [3.05, 3.63) is 70.1 Å². The molecule has 1 N–H and O–H groups in total. The number of ketones is 1. The standard InChI is InChI=1S/C45H58O9/c1-28-30-13-14-35-43(4,31(30)26-32(46)38(28)48)19-21-45(6)36-27-42(3,17-16-41(36,2)18-20-44(35,45)5)40(49)54-23-11-10-22-53-39-33(50-7)24-29(25-34(39)51-8)12-15-37(47)52-9/h12-15,24-26,36,48H,10-11,16-23,27H2,1-9H3/b15-12+/t36-,41-,42-,43+,44-,45+/m1/s1. The fraction of sp³-hybridized carbons (Fsp3) is 0.578. The summed E-state index contributed by atoms with van der Waals surface area (Å²) in [6.45, 7) is 14.3. The van der Waals surface area contributed by atoms with Gasteiger partial charge < -0.3 is 28.8 Å². The van der Waals surface area contributed by atoms with Crippen molar-refractivity contribution in [3.63, 3.8) is 0 Å². The van der Waals surface area contributed by atoms with Crippen LogP contribution in [0.3, 0.4) is 0 Å². The van der Waals surface area contributed by atoms with Crippen LogP contribution >= 0.6 is 0 Å². The molecule has 0 amide bonds. The molecular formula is C45H58O9. The van der Waals surface area contributed by atoms with Crippen molar-refractivity contribution in [1.82, 2.24) is 0 Å². The summed E-state index contributed by atoms with van der Waals surface area (Å²) >= 11 is 0. The molecule has 0 aliphatic heterocycles. The number of carbonyl (C=O) groups is 3. The van der Waals surface area contributed by atoms with Crippen LogP contribution in [-0.4, -0.2) is 57.4 Å². The van der Waals surface area contributed by atoms with Gasteiger partial charge in [-0.15, -0.1) is 0 Å². The molecule has 292 valence electrons. The average molecular weight is 743 g/mol. The van der Waals surface area contributed by atoms with E-state index < -0.39 is 11.4 Å². The largest absolute Gasteiger partial charge is 0.504 e. The third-order valence-electron chi connectivity index (χ3n) is 14.5. The second kappa shape index (κ2) is 14.4. The molecule has 0 saturated heterocycles. The van der Waals surface area contributed by atoms with Gasteiger partial charge in [0.1, 0.15) is 0 Å². The molecule has 9 heteroatoms. The zero-order valence-electron chi connectivity index (χ0n) is 33.6. The minimum absolute atomic E-state index is 0.0415. The maximum Gasteiger partial charge on any atom is 0.330 e. The van der Waals surface area contributed by atoms with Crippen molar-refractivity contribution < 1.29 is 43.2 Å². The summed E-state index contributed by atoms with van der Waals surface area (Å²) in [5.74, 6) is 0.734. The van der Waals surface area contributed by atoms with E-state index in [9.17, 15) is 19.5 Å². The average Bonchev–Trinajstić information content (AvgIpc) is 3.16. The van der Waals surface area contributed by atoms with Crippen LogP contribution in [-0.2, 0) is 23.9 Å². The molecule has 0 spiro atoms. The number of aliphatic hydroxyl groups excluding tert-OH is 1. The third kappa shape index (κ3) is 6.39. The van der Waals surface area contributed by atoms with E-state index in [4.69, 9.17) is 18.9 Å². The molecule has 0 unspecified atom stereocenters. The van der Waals surface area contributed by atoms with E-state index >= 15 is 0 Å². The van der Waals surface area contributed by atoms with Gasteiger partial charge in [-0.05, 0) is 135 Å². The molecule has 0 bridgehead atoms. The summed E-state index contributed by atoms with van der Waals surface area (Å²) < 4.78 is 27.9. The van der Waals surface area contributed by atoms with Crippen LogP contribution in [0, 0.1) is 33.0 Å². The first-order chi connectivity index (χ1) is 25.5. The van der Waals surface area contributed by atoms with Crippen LogP contribution in [0.25, 0.3) is 6.08 Å². The number of aliphatic hydroxyl groups is 1. The van der Waals surface area contributed by atoms with Gasteiger partial charge in [0.2, 0.25) is 11.5 Å². The second-order valence-corrected chi connectivity index (χ2v) is 17.4. The van der Waals surface area contributed by atoms with E-state index in [0.717, 1.165) is 56.1 Å². The topological polar surface area (TPSA) is 118 Å². The number of methoxy groups -OCH3 is 3. The SMILES string of the molecule is COC(=O)/C=C/c1cc(OC)c(OCCCCOC(=O)[C@]2(C)CC[C@]3(C)CC[C@]4(C)C5=CC=C6C(=CC(=O)C(O)=C6C)[C@]5(C)CC[C@@]4(C)[C@@H]3C2)c(OC)c1. The van der Waals surface area contributed by atoms with Crippen molar-refractivity contribution in [1.29, 1.82) is 0 Å². The number of carbonyl (C=O) groups excluding carboxylic acids is 3. The number of allylic oxidation sites excluding steroid dienone is 7. The lowest BCUT2D eigenvalue weighted by atomic mass is 9.34. The number of unbranched alkanes of at least 4 members (excludes halogenated alkanes) is 1. The lowest BCUT2D eigenvalue weighted by molar-refractivity contribution is -0.182. The normalized spacial score (nSPS) is 32.9. The van der Waals surface area contributed by atoms with Gasteiger partial charge in [0.25, 0.3) is 0 Å². The van der Waals surface area contributed by atoms with E-state index in [1.54, 1.807) is 38.5 Å². The maximum atomic E-state index is 13.9. The first-order valence-corrected chi connectivity index (χ1v) is 19.4. The Morgan fingerprint density at radius 3 is 2.22 bits per heavy atom. The highest BCUT2D eigenvalue weighted by molar-refractivity contribution is 6.06. The minimum atomic E-state index is -0.570. The van der Waals surface area contributed by atoms with Gasteiger partial charge in [-0.2, -0.15) is 0 Å². The van der Waals surface area contributed by atoms with Gasteiger partial charge in [0, 0.05) is 17.1 Å². The minimum Gasteiger partial charge on any atom is -0.504 e. The number of benzene rings is 1. The van der Waals surface area contributed by atoms with Crippen LogP contribution in [0.2, 0.25) is 0 Å². The summed E-state index contributed by atoms with van der Waals surface area (Å²) in [5, 5.41) is 10.5. The Labute approximate surface area is 320 Å². The van der Waals surface area contributed by atoms with Crippen LogP contribution in [0.15, 0.2) is 64.5 Å². The zero-order chi connectivity index (χ0) is 39.3. The molecule has 54 heavy (non-hydrogen) atoms. The molecule has 3 fully saturated rings. The molecule has 1 aromatic rings. The number of rotatable bonds is 11. The summed E-state index contributed by atoms with van der Waals surface area (Å²) in [5.41, 5.74) is 3.90. The second-order valence-electron chi connectivity index (χ2n) is 17.4. The van der Waals surface area contributed by atoms with Gasteiger partial charge in [-0.1, -0.05) is 45.4 Å². The predicted octanol–water partition coefficient (Wildman–Crippen LogP) is 9.22. The van der Waals surface area contributed by atoms with Crippen molar-refractivity contribution in [2.24, 2.45) is 33.0 Å². The van der Waals surface area contributed by atoms with Crippen LogP contribution in [0.1, 0.15) is 105 Å². The van der Waals surface area contributed by atoms with Crippen molar-refractivity contribution >= 4 is 23.8 Å². The van der Waals surface area contributed by atoms with Gasteiger partial charge in [-0.3, -0.25) is 9.59 Å². The van der Waals surface area contributed by atoms with E-state index in [0.29, 0.717) is 60.4 Å². The van der Waals surface area contributed by atoms with Crippen LogP contribution < -0.4 is 14.2 Å². The predicted molar refractivity (Wildman–Crippen MR) is 207 cm³/mol. The van der Waals surface area contributed by atoms with E-state index in [1.807, 2.05) is 6.92 Å². The quantitative estimate of drug-likeness (QED) is 0.135. The molecule has 9 nitrogen and oxygen atoms in total. The highest BCUT2D eigenvalue weighted by Gasteiger charge is 2.67. The number of hydrogen-bond acceptors (Lipinski definition) is 9. The molecular weight excluding hydrogens is 684 g/mol. The Morgan fingerprint density at radius 1 is 0.889 bits per heavy atom. The molecule has 6 atom stereocenters. The first-order valence-electron chi connectivity index (χ1n) is 19.4. The Balaban J connectivity index is 1.10. The number of esters is 2. The van der Waals surface area contributed by atoms with Crippen molar-refractivity contribution in [3.8, 4) is 17.2 Å². The Morgan fingerprint density at radius 2 is 1.56 bits per heavy atom. The molecule has 3 saturated carbocycles. The van der Waals surface area contributed by atoms with Crippen molar-refractivity contribution in [2.75, 3.05) is 34.5 Å². The molecule has 0 aromatic heterocycles. The summed E-state index contributed by atoms with van der Waals surface area (Å²) in [6, 6.07) is 3.52. The first kappa shape index (κ1) is 39.4. The Bertz CT molecular complexity index is 1850. The highest BCUT2D eigenvalue weighted by Crippen LogP contribution is 2.75. The van der Waals surface area contributed by atoms with Gasteiger partial charge in [0.15, 0.2) is 17.3 Å². The molecule has 1 aromatic carbocycles. The monoisotopic (exact) mass is 742 g/mol. The lowest BCUT2D eigenvalue weighted by Crippen LogP contribution is -2.62. The van der Waals surface area contributed by atoms with Gasteiger partial charge in [0.05, 0.1) is 40.0 Å².